The van der Waals surface area contributed by atoms with Crippen LogP contribution in [-0.4, -0.2) is 40.7 Å². The lowest BCUT2D eigenvalue weighted by atomic mass is 10.1. The summed E-state index contributed by atoms with van der Waals surface area (Å²) in [5.74, 6) is 0.691. The Labute approximate surface area is 159 Å². The van der Waals surface area contributed by atoms with Gasteiger partial charge in [0.25, 0.3) is 0 Å². The third kappa shape index (κ3) is 7.22. The highest BCUT2D eigenvalue weighted by Crippen LogP contribution is 2.10. The van der Waals surface area contributed by atoms with E-state index < -0.39 is 6.10 Å². The van der Waals surface area contributed by atoms with Crippen LogP contribution in [0.15, 0.2) is 53.9 Å². The van der Waals surface area contributed by atoms with E-state index in [9.17, 15) is 5.11 Å². The van der Waals surface area contributed by atoms with Crippen molar-refractivity contribution < 1.29 is 5.11 Å². The van der Waals surface area contributed by atoms with Crippen LogP contribution in [0.3, 0.4) is 0 Å². The lowest BCUT2D eigenvalue weighted by molar-refractivity contribution is 0.187. The van der Waals surface area contributed by atoms with Crippen LogP contribution < -0.4 is 10.6 Å². The standard InChI is InChI=1S/C17H23N5O.HI/c1-2-19-17(21-12-8-15-5-3-4-9-20-15)22-13-16(23)14-6-10-18-11-7-14;/h3-7,9-11,16,23H,2,8,12-13H2,1H3,(H2,19,21,22);1H. The number of pyridine rings is 2. The number of rotatable bonds is 7. The monoisotopic (exact) mass is 441 g/mol. The van der Waals surface area contributed by atoms with Crippen LogP contribution >= 0.6 is 24.0 Å². The average molecular weight is 441 g/mol. The predicted molar refractivity (Wildman–Crippen MR) is 107 cm³/mol. The van der Waals surface area contributed by atoms with E-state index in [0.29, 0.717) is 12.5 Å². The van der Waals surface area contributed by atoms with Crippen molar-refractivity contribution >= 4 is 29.9 Å². The Bertz CT molecular complexity index is 594. The van der Waals surface area contributed by atoms with Crippen molar-refractivity contribution in [3.05, 3.63) is 60.2 Å². The molecule has 0 bridgehead atoms. The van der Waals surface area contributed by atoms with E-state index in [1.807, 2.05) is 25.1 Å². The lowest BCUT2D eigenvalue weighted by Crippen LogP contribution is -2.38. The van der Waals surface area contributed by atoms with Gasteiger partial charge >= 0.3 is 0 Å². The van der Waals surface area contributed by atoms with Gasteiger partial charge in [0.15, 0.2) is 5.96 Å². The third-order valence-electron chi connectivity index (χ3n) is 3.26. The molecule has 1 atom stereocenters. The fourth-order valence-electron chi connectivity index (χ4n) is 2.07. The molecule has 0 radical (unpaired) electrons. The quantitative estimate of drug-likeness (QED) is 0.348. The topological polar surface area (TPSA) is 82.4 Å². The molecule has 0 fully saturated rings. The van der Waals surface area contributed by atoms with Crippen molar-refractivity contribution in [3.8, 4) is 0 Å². The molecule has 2 aromatic rings. The Morgan fingerprint density at radius 2 is 1.96 bits per heavy atom. The van der Waals surface area contributed by atoms with Crippen LogP contribution in [0.2, 0.25) is 0 Å². The molecule has 130 valence electrons. The minimum Gasteiger partial charge on any atom is -0.386 e. The summed E-state index contributed by atoms with van der Waals surface area (Å²) in [6.45, 7) is 3.80. The van der Waals surface area contributed by atoms with Crippen molar-refractivity contribution in [2.75, 3.05) is 19.6 Å². The van der Waals surface area contributed by atoms with E-state index in [-0.39, 0.29) is 24.0 Å². The van der Waals surface area contributed by atoms with Gasteiger partial charge in [-0.25, -0.2) is 0 Å². The Hall–Kier alpha value is -1.74. The van der Waals surface area contributed by atoms with Gasteiger partial charge in [0, 0.05) is 43.8 Å². The first-order chi connectivity index (χ1) is 11.3. The number of guanidine groups is 1. The summed E-state index contributed by atoms with van der Waals surface area (Å²) in [5, 5.41) is 16.6. The zero-order chi connectivity index (χ0) is 16.3. The first-order valence-electron chi connectivity index (χ1n) is 7.79. The number of hydrogen-bond acceptors (Lipinski definition) is 4. The van der Waals surface area contributed by atoms with Crippen molar-refractivity contribution in [2.24, 2.45) is 4.99 Å². The maximum absolute atomic E-state index is 10.1. The van der Waals surface area contributed by atoms with Crippen molar-refractivity contribution in [2.45, 2.75) is 19.4 Å². The lowest BCUT2D eigenvalue weighted by Gasteiger charge is -2.13. The molecule has 0 saturated carbocycles. The van der Waals surface area contributed by atoms with Gasteiger partial charge in [0.2, 0.25) is 0 Å². The smallest absolute Gasteiger partial charge is 0.191 e. The molecule has 2 rings (SSSR count). The summed E-state index contributed by atoms with van der Waals surface area (Å²) in [7, 11) is 0. The van der Waals surface area contributed by atoms with Crippen molar-refractivity contribution in [1.29, 1.82) is 0 Å². The Morgan fingerprint density at radius 1 is 1.17 bits per heavy atom. The molecule has 7 heteroatoms. The second-order valence-electron chi connectivity index (χ2n) is 5.01. The van der Waals surface area contributed by atoms with Crippen LogP contribution in [0.1, 0.15) is 24.3 Å². The molecular weight excluding hydrogens is 417 g/mol. The third-order valence-corrected chi connectivity index (χ3v) is 3.26. The maximum Gasteiger partial charge on any atom is 0.191 e. The summed E-state index contributed by atoms with van der Waals surface area (Å²) in [6.07, 6.45) is 5.30. The number of aliphatic hydroxyl groups is 1. The van der Waals surface area contributed by atoms with E-state index in [0.717, 1.165) is 30.8 Å². The van der Waals surface area contributed by atoms with Crippen molar-refractivity contribution in [3.63, 3.8) is 0 Å². The van der Waals surface area contributed by atoms with Crippen LogP contribution in [0, 0.1) is 0 Å². The molecule has 2 heterocycles. The van der Waals surface area contributed by atoms with E-state index >= 15 is 0 Å². The normalized spacial score (nSPS) is 12.2. The van der Waals surface area contributed by atoms with E-state index in [1.54, 1.807) is 30.7 Å². The minimum atomic E-state index is -0.635. The van der Waals surface area contributed by atoms with Gasteiger partial charge in [-0.1, -0.05) is 6.07 Å². The Morgan fingerprint density at radius 3 is 2.62 bits per heavy atom. The second-order valence-corrected chi connectivity index (χ2v) is 5.01. The molecule has 0 aliphatic carbocycles. The fraction of sp³-hybridized carbons (Fsp3) is 0.353. The second kappa shape index (κ2) is 11.7. The largest absolute Gasteiger partial charge is 0.386 e. The average Bonchev–Trinajstić information content (AvgIpc) is 2.61. The first kappa shape index (κ1) is 20.3. The Balaban J connectivity index is 0.00000288. The van der Waals surface area contributed by atoms with Gasteiger partial charge in [-0.3, -0.25) is 15.0 Å². The number of aliphatic imine (C=N–C) groups is 1. The minimum absolute atomic E-state index is 0. The molecule has 24 heavy (non-hydrogen) atoms. The summed E-state index contributed by atoms with van der Waals surface area (Å²) < 4.78 is 0. The highest BCUT2D eigenvalue weighted by Gasteiger charge is 2.07. The summed E-state index contributed by atoms with van der Waals surface area (Å²) in [5.41, 5.74) is 1.85. The molecule has 6 nitrogen and oxygen atoms in total. The number of halogens is 1. The van der Waals surface area contributed by atoms with Gasteiger partial charge in [-0.2, -0.15) is 0 Å². The highest BCUT2D eigenvalue weighted by molar-refractivity contribution is 14.0. The molecule has 0 aliphatic heterocycles. The number of hydrogen-bond donors (Lipinski definition) is 3. The highest BCUT2D eigenvalue weighted by atomic mass is 127. The van der Waals surface area contributed by atoms with Crippen LogP contribution in [0.5, 0.6) is 0 Å². The van der Waals surface area contributed by atoms with Gasteiger partial charge < -0.3 is 15.7 Å². The molecule has 0 aromatic carbocycles. The number of nitrogens with zero attached hydrogens (tertiary/aromatic N) is 3. The Kier molecular flexibility index (Phi) is 9.94. The summed E-state index contributed by atoms with van der Waals surface area (Å²) >= 11 is 0. The van der Waals surface area contributed by atoms with Crippen molar-refractivity contribution in [1.82, 2.24) is 20.6 Å². The summed E-state index contributed by atoms with van der Waals surface area (Å²) in [4.78, 5) is 12.7. The SMILES string of the molecule is CCNC(=NCC(O)c1ccncc1)NCCc1ccccn1.I. The van der Waals surface area contributed by atoms with Crippen LogP contribution in [-0.2, 0) is 6.42 Å². The summed E-state index contributed by atoms with van der Waals surface area (Å²) in [6, 6.07) is 9.47. The van der Waals surface area contributed by atoms with Crippen LogP contribution in [0.4, 0.5) is 0 Å². The number of nitrogens with one attached hydrogen (secondary N) is 2. The van der Waals surface area contributed by atoms with Gasteiger partial charge in [-0.05, 0) is 36.8 Å². The molecular formula is C17H24IN5O. The zero-order valence-corrected chi connectivity index (χ0v) is 16.1. The molecule has 2 aromatic heterocycles. The molecule has 0 aliphatic rings. The van der Waals surface area contributed by atoms with Gasteiger partial charge in [0.05, 0.1) is 12.6 Å². The van der Waals surface area contributed by atoms with E-state index in [2.05, 4.69) is 25.6 Å². The maximum atomic E-state index is 10.1. The van der Waals surface area contributed by atoms with E-state index in [1.165, 1.54) is 0 Å². The van der Waals surface area contributed by atoms with Gasteiger partial charge in [-0.15, -0.1) is 24.0 Å². The first-order valence-corrected chi connectivity index (χ1v) is 7.79. The molecule has 0 amide bonds. The van der Waals surface area contributed by atoms with Gasteiger partial charge in [0.1, 0.15) is 0 Å². The van der Waals surface area contributed by atoms with E-state index in [4.69, 9.17) is 0 Å². The zero-order valence-electron chi connectivity index (χ0n) is 13.7. The predicted octanol–water partition coefficient (Wildman–Crippen LogP) is 1.93. The molecule has 3 N–H and O–H groups in total. The number of aliphatic hydroxyl groups excluding tert-OH is 1. The molecule has 0 spiro atoms. The van der Waals surface area contributed by atoms with Crippen LogP contribution in [0.25, 0.3) is 0 Å². The molecule has 1 unspecified atom stereocenters. The fourth-order valence-corrected chi connectivity index (χ4v) is 2.07. The number of aromatic nitrogens is 2. The molecule has 0 saturated heterocycles.